The molecule has 0 aromatic carbocycles. The molecule has 0 amide bonds. The van der Waals surface area contributed by atoms with E-state index < -0.39 is 32.5 Å². The molecule has 9 nitrogen and oxygen atoms in total. The predicted molar refractivity (Wildman–Crippen MR) is 70.0 cm³/mol. The smallest absolute Gasteiger partial charge is 0.756 e. The molecule has 0 bridgehead atoms. The molecule has 0 aliphatic heterocycles. The van der Waals surface area contributed by atoms with Crippen LogP contribution in [0.3, 0.4) is 0 Å². The number of esters is 2. The summed E-state index contributed by atoms with van der Waals surface area (Å²) < 4.78 is 30.0. The Balaban J connectivity index is 0. The molecule has 0 fully saturated rings. The summed E-state index contributed by atoms with van der Waals surface area (Å²) >= 11 is 0. The van der Waals surface area contributed by atoms with Gasteiger partial charge in [0.05, 0.1) is 13.2 Å². The molecule has 2 unspecified atom stereocenters. The van der Waals surface area contributed by atoms with Crippen LogP contribution in [0.5, 0.6) is 0 Å². The van der Waals surface area contributed by atoms with E-state index in [2.05, 4.69) is 9.05 Å². The molecule has 11 heteroatoms. The van der Waals surface area contributed by atoms with Crippen LogP contribution in [0.15, 0.2) is 0 Å². The predicted octanol–water partition coefficient (Wildman–Crippen LogP) is -3.27. The van der Waals surface area contributed by atoms with Crippen molar-refractivity contribution >= 4 is 19.8 Å². The number of ether oxygens (including phenoxy) is 2. The number of phosphoric ester groups is 1. The average molecular weight is 349 g/mol. The second kappa shape index (κ2) is 13.4. The standard InChI is InChI=1S/C11H22NO8P.Na/c1-3-10(13)17-7-9(20-11(14)4-2)8-19-21(15,16)18-6-5-12;/h9H,3-8,12H2,1-2H3,(H,15,16);/q;+1/p-1. The first-order chi connectivity index (χ1) is 9.84. The molecule has 124 valence electrons. The van der Waals surface area contributed by atoms with E-state index in [1.54, 1.807) is 13.8 Å². The van der Waals surface area contributed by atoms with E-state index in [1.807, 2.05) is 0 Å². The Morgan fingerprint density at radius 3 is 2.23 bits per heavy atom. The largest absolute Gasteiger partial charge is 1.00 e. The molecular formula is C11H21NNaO8P. The zero-order valence-electron chi connectivity index (χ0n) is 13.1. The Labute approximate surface area is 151 Å². The van der Waals surface area contributed by atoms with E-state index in [0.29, 0.717) is 0 Å². The van der Waals surface area contributed by atoms with Gasteiger partial charge < -0.3 is 29.1 Å². The first kappa shape index (κ1) is 24.3. The van der Waals surface area contributed by atoms with Gasteiger partial charge in [-0.15, -0.1) is 0 Å². The van der Waals surface area contributed by atoms with Crippen molar-refractivity contribution in [3.8, 4) is 0 Å². The van der Waals surface area contributed by atoms with Crippen molar-refractivity contribution in [3.05, 3.63) is 0 Å². The van der Waals surface area contributed by atoms with Gasteiger partial charge in [0, 0.05) is 19.4 Å². The fraction of sp³-hybridized carbons (Fsp3) is 0.818. The maximum absolute atomic E-state index is 11.3. The third-order valence-electron chi connectivity index (χ3n) is 2.09. The van der Waals surface area contributed by atoms with Gasteiger partial charge in [-0.3, -0.25) is 14.2 Å². The first-order valence-electron chi connectivity index (χ1n) is 6.49. The first-order valence-corrected chi connectivity index (χ1v) is 7.96. The molecule has 0 heterocycles. The number of carbonyl (C=O) groups is 2. The van der Waals surface area contributed by atoms with Crippen molar-refractivity contribution in [1.82, 2.24) is 0 Å². The van der Waals surface area contributed by atoms with Crippen LogP contribution in [0.4, 0.5) is 0 Å². The average Bonchev–Trinajstić information content (AvgIpc) is 2.47. The maximum Gasteiger partial charge on any atom is 1.00 e. The van der Waals surface area contributed by atoms with Gasteiger partial charge in [0.25, 0.3) is 7.82 Å². The van der Waals surface area contributed by atoms with Crippen LogP contribution in [-0.2, 0) is 32.7 Å². The Kier molecular flexibility index (Phi) is 14.8. The van der Waals surface area contributed by atoms with Crippen molar-refractivity contribution < 1.29 is 67.1 Å². The summed E-state index contributed by atoms with van der Waals surface area (Å²) in [5.41, 5.74) is 5.10. The SMILES string of the molecule is CCC(=O)OCC(COP(=O)([O-])OCCN)OC(=O)CC.[Na+]. The van der Waals surface area contributed by atoms with Crippen molar-refractivity contribution in [1.29, 1.82) is 0 Å². The maximum atomic E-state index is 11.3. The molecule has 22 heavy (non-hydrogen) atoms. The molecule has 0 aliphatic carbocycles. The number of hydrogen-bond donors (Lipinski definition) is 1. The minimum atomic E-state index is -4.53. The minimum Gasteiger partial charge on any atom is -0.756 e. The molecule has 0 rings (SSSR count). The molecule has 2 N–H and O–H groups in total. The van der Waals surface area contributed by atoms with Gasteiger partial charge in [0.15, 0.2) is 6.10 Å². The number of carbonyl (C=O) groups excluding carboxylic acids is 2. The Bertz CT molecular complexity index is 381. The Hall–Kier alpha value is 0.0100. The molecule has 0 radical (unpaired) electrons. The van der Waals surface area contributed by atoms with Crippen LogP contribution >= 0.6 is 7.82 Å². The fourth-order valence-corrected chi connectivity index (χ4v) is 1.80. The summed E-state index contributed by atoms with van der Waals surface area (Å²) in [4.78, 5) is 33.6. The van der Waals surface area contributed by atoms with E-state index in [-0.39, 0.29) is 62.2 Å². The number of nitrogens with two attached hydrogens (primary N) is 1. The summed E-state index contributed by atoms with van der Waals surface area (Å²) in [6.45, 7) is 2.16. The zero-order valence-corrected chi connectivity index (χ0v) is 16.0. The number of rotatable bonds is 11. The molecule has 0 aromatic rings. The van der Waals surface area contributed by atoms with Gasteiger partial charge in [-0.05, 0) is 0 Å². The summed E-state index contributed by atoms with van der Waals surface area (Å²) in [5, 5.41) is 0. The normalized spacial score (nSPS) is 14.4. The van der Waals surface area contributed by atoms with E-state index in [9.17, 15) is 19.0 Å². The fourth-order valence-electron chi connectivity index (χ4n) is 1.05. The van der Waals surface area contributed by atoms with E-state index in [1.165, 1.54) is 0 Å². The summed E-state index contributed by atoms with van der Waals surface area (Å²) in [6.07, 6.45) is -0.789. The summed E-state index contributed by atoms with van der Waals surface area (Å²) in [6, 6.07) is 0. The Morgan fingerprint density at radius 1 is 1.14 bits per heavy atom. The Morgan fingerprint density at radius 2 is 1.73 bits per heavy atom. The summed E-state index contributed by atoms with van der Waals surface area (Å²) in [7, 11) is -4.53. The topological polar surface area (TPSA) is 137 Å². The zero-order chi connectivity index (χ0) is 16.3. The number of hydrogen-bond acceptors (Lipinski definition) is 9. The van der Waals surface area contributed by atoms with Crippen LogP contribution in [0.1, 0.15) is 26.7 Å². The molecule has 0 aromatic heterocycles. The van der Waals surface area contributed by atoms with Crippen molar-refractivity contribution in [2.75, 3.05) is 26.4 Å². The van der Waals surface area contributed by atoms with Gasteiger partial charge in [-0.2, -0.15) is 0 Å². The van der Waals surface area contributed by atoms with Crippen LogP contribution < -0.4 is 40.2 Å². The second-order valence-corrected chi connectivity index (χ2v) is 5.28. The van der Waals surface area contributed by atoms with Gasteiger partial charge in [-0.25, -0.2) is 0 Å². The van der Waals surface area contributed by atoms with Crippen LogP contribution in [0, 0.1) is 0 Å². The monoisotopic (exact) mass is 349 g/mol. The van der Waals surface area contributed by atoms with E-state index in [4.69, 9.17) is 15.2 Å². The van der Waals surface area contributed by atoms with Crippen molar-refractivity contribution in [3.63, 3.8) is 0 Å². The molecule has 0 saturated carbocycles. The van der Waals surface area contributed by atoms with Gasteiger partial charge in [0.1, 0.15) is 6.61 Å². The summed E-state index contributed by atoms with van der Waals surface area (Å²) in [5.74, 6) is -1.07. The molecule has 2 atom stereocenters. The van der Waals surface area contributed by atoms with Crippen LogP contribution in [-0.4, -0.2) is 44.4 Å². The third kappa shape index (κ3) is 12.5. The molecular weight excluding hydrogens is 328 g/mol. The van der Waals surface area contributed by atoms with Crippen molar-refractivity contribution in [2.24, 2.45) is 5.73 Å². The van der Waals surface area contributed by atoms with E-state index >= 15 is 0 Å². The van der Waals surface area contributed by atoms with Crippen molar-refractivity contribution in [2.45, 2.75) is 32.8 Å². The van der Waals surface area contributed by atoms with Gasteiger partial charge in [0.2, 0.25) is 0 Å². The van der Waals surface area contributed by atoms with Crippen LogP contribution in [0.25, 0.3) is 0 Å². The van der Waals surface area contributed by atoms with Gasteiger partial charge in [-0.1, -0.05) is 13.8 Å². The molecule has 0 spiro atoms. The minimum absolute atomic E-state index is 0. The third-order valence-corrected chi connectivity index (χ3v) is 3.06. The molecule has 0 saturated heterocycles. The molecule has 0 aliphatic rings. The van der Waals surface area contributed by atoms with E-state index in [0.717, 1.165) is 0 Å². The van der Waals surface area contributed by atoms with Crippen LogP contribution in [0.2, 0.25) is 0 Å². The quantitative estimate of drug-likeness (QED) is 0.231. The second-order valence-electron chi connectivity index (χ2n) is 3.87. The number of phosphoric acid groups is 1. The van der Waals surface area contributed by atoms with Gasteiger partial charge >= 0.3 is 41.5 Å².